The minimum atomic E-state index is 0.0280. The van der Waals surface area contributed by atoms with Gasteiger partial charge in [-0.25, -0.2) is 0 Å². The predicted octanol–water partition coefficient (Wildman–Crippen LogP) is 2.60. The minimum absolute atomic E-state index is 0.0280. The molecule has 25 heavy (non-hydrogen) atoms. The molecule has 0 radical (unpaired) electrons. The molecule has 4 nitrogen and oxygen atoms in total. The van der Waals surface area contributed by atoms with Gasteiger partial charge in [0.25, 0.3) is 0 Å². The van der Waals surface area contributed by atoms with Gasteiger partial charge in [0.2, 0.25) is 5.91 Å². The van der Waals surface area contributed by atoms with Crippen LogP contribution in [0.1, 0.15) is 43.7 Å². The van der Waals surface area contributed by atoms with E-state index in [2.05, 4.69) is 60.3 Å². The van der Waals surface area contributed by atoms with Gasteiger partial charge < -0.3 is 10.2 Å². The molecule has 138 valence electrons. The second-order valence-electron chi connectivity index (χ2n) is 8.16. The fourth-order valence-electron chi connectivity index (χ4n) is 3.81. The molecule has 1 heterocycles. The predicted molar refractivity (Wildman–Crippen MR) is 103 cm³/mol. The highest BCUT2D eigenvalue weighted by molar-refractivity contribution is 5.77. The Balaban J connectivity index is 1.44. The Morgan fingerprint density at radius 1 is 1.20 bits per heavy atom. The maximum absolute atomic E-state index is 12.5. The molecule has 1 aliphatic heterocycles. The molecule has 0 bridgehead atoms. The van der Waals surface area contributed by atoms with Crippen molar-refractivity contribution >= 4 is 5.91 Å². The number of nitrogens with one attached hydrogen (secondary N) is 1. The molecule has 1 atom stereocenters. The van der Waals surface area contributed by atoms with Gasteiger partial charge in [-0.15, -0.1) is 0 Å². The first-order valence-electron chi connectivity index (χ1n) is 9.76. The average Bonchev–Trinajstić information content (AvgIpc) is 3.34. The fourth-order valence-corrected chi connectivity index (χ4v) is 3.81. The number of aryl methyl sites for hydroxylation is 1. The first kappa shape index (κ1) is 18.4. The summed E-state index contributed by atoms with van der Waals surface area (Å²) in [5.74, 6) is 0.229. The molecule has 1 unspecified atom stereocenters. The molecule has 3 rings (SSSR count). The lowest BCUT2D eigenvalue weighted by Crippen LogP contribution is -2.48. The number of nitrogens with zero attached hydrogens (tertiary/aromatic N) is 2. The largest absolute Gasteiger partial charge is 0.350 e. The molecule has 1 amide bonds. The maximum atomic E-state index is 12.5. The molecular weight excluding hydrogens is 310 g/mol. The third-order valence-electron chi connectivity index (χ3n) is 6.00. The summed E-state index contributed by atoms with van der Waals surface area (Å²) in [5.41, 5.74) is 2.72. The minimum Gasteiger partial charge on any atom is -0.350 e. The van der Waals surface area contributed by atoms with Crippen LogP contribution in [0.5, 0.6) is 0 Å². The number of rotatable bonds is 7. The van der Waals surface area contributed by atoms with E-state index in [-0.39, 0.29) is 11.4 Å². The van der Waals surface area contributed by atoms with Crippen LogP contribution in [0.3, 0.4) is 0 Å². The quantitative estimate of drug-likeness (QED) is 0.827. The maximum Gasteiger partial charge on any atom is 0.220 e. The molecule has 2 aliphatic rings. The van der Waals surface area contributed by atoms with Gasteiger partial charge >= 0.3 is 0 Å². The second kappa shape index (κ2) is 7.88. The third kappa shape index (κ3) is 5.05. The molecule has 1 aromatic carbocycles. The van der Waals surface area contributed by atoms with Crippen LogP contribution in [0.15, 0.2) is 24.3 Å². The van der Waals surface area contributed by atoms with E-state index in [1.165, 1.54) is 11.1 Å². The van der Waals surface area contributed by atoms with Gasteiger partial charge in [0.1, 0.15) is 0 Å². The average molecular weight is 344 g/mol. The van der Waals surface area contributed by atoms with Crippen molar-refractivity contribution in [2.24, 2.45) is 0 Å². The molecule has 0 aromatic heterocycles. The summed E-state index contributed by atoms with van der Waals surface area (Å²) in [6.45, 7) is 8.93. The Bertz CT molecular complexity index is 589. The van der Waals surface area contributed by atoms with Crippen LogP contribution < -0.4 is 5.32 Å². The van der Waals surface area contributed by atoms with Crippen LogP contribution in [0.4, 0.5) is 0 Å². The zero-order valence-corrected chi connectivity index (χ0v) is 16.1. The first-order chi connectivity index (χ1) is 12.0. The molecular formula is C21H33N3O. The highest BCUT2D eigenvalue weighted by Crippen LogP contribution is 2.39. The number of hydrogen-bond donors (Lipinski definition) is 1. The van der Waals surface area contributed by atoms with Gasteiger partial charge in [-0.3, -0.25) is 9.69 Å². The van der Waals surface area contributed by atoms with Gasteiger partial charge in [-0.05, 0) is 57.7 Å². The summed E-state index contributed by atoms with van der Waals surface area (Å²) in [6, 6.07) is 9.02. The van der Waals surface area contributed by atoms with E-state index in [1.807, 2.05) is 0 Å². The highest BCUT2D eigenvalue weighted by atomic mass is 16.1. The number of likely N-dealkylation sites (N-methyl/N-ethyl adjacent to an activating group) is 1. The number of carbonyl (C=O) groups is 1. The summed E-state index contributed by atoms with van der Waals surface area (Å²) in [6.07, 6.45) is 4.79. The summed E-state index contributed by atoms with van der Waals surface area (Å²) in [7, 11) is 2.18. The van der Waals surface area contributed by atoms with Crippen LogP contribution in [0.2, 0.25) is 0 Å². The lowest BCUT2D eigenvalue weighted by atomic mass is 9.99. The van der Waals surface area contributed by atoms with E-state index in [9.17, 15) is 4.79 Å². The number of piperazine rings is 1. The SMILES string of the molecule is Cc1ccccc1CC1(NC(=O)CCC(C)N2CCN(C)CC2)CC1. The zero-order valence-electron chi connectivity index (χ0n) is 16.1. The summed E-state index contributed by atoms with van der Waals surface area (Å²) >= 11 is 0. The number of hydrogen-bond acceptors (Lipinski definition) is 3. The normalized spacial score (nSPS) is 21.7. The highest BCUT2D eigenvalue weighted by Gasteiger charge is 2.43. The van der Waals surface area contributed by atoms with E-state index in [4.69, 9.17) is 0 Å². The van der Waals surface area contributed by atoms with E-state index < -0.39 is 0 Å². The van der Waals surface area contributed by atoms with Gasteiger partial charge in [-0.1, -0.05) is 24.3 Å². The number of carbonyl (C=O) groups excluding carboxylic acids is 1. The van der Waals surface area contributed by atoms with Crippen molar-refractivity contribution in [1.29, 1.82) is 0 Å². The Morgan fingerprint density at radius 2 is 1.88 bits per heavy atom. The molecule has 0 spiro atoms. The van der Waals surface area contributed by atoms with Crippen LogP contribution in [0.25, 0.3) is 0 Å². The summed E-state index contributed by atoms with van der Waals surface area (Å²) in [4.78, 5) is 17.4. The van der Waals surface area contributed by atoms with Gasteiger partial charge in [0, 0.05) is 44.2 Å². The van der Waals surface area contributed by atoms with E-state index in [1.54, 1.807) is 0 Å². The van der Waals surface area contributed by atoms with Crippen molar-refractivity contribution in [2.45, 2.75) is 57.5 Å². The van der Waals surface area contributed by atoms with Crippen LogP contribution in [-0.4, -0.2) is 60.5 Å². The second-order valence-corrected chi connectivity index (χ2v) is 8.16. The van der Waals surface area contributed by atoms with Crippen LogP contribution in [0, 0.1) is 6.92 Å². The van der Waals surface area contributed by atoms with Gasteiger partial charge in [0.05, 0.1) is 0 Å². The molecule has 1 saturated heterocycles. The van der Waals surface area contributed by atoms with Crippen molar-refractivity contribution in [1.82, 2.24) is 15.1 Å². The molecule has 2 fully saturated rings. The smallest absolute Gasteiger partial charge is 0.220 e. The van der Waals surface area contributed by atoms with Crippen molar-refractivity contribution in [2.75, 3.05) is 33.2 Å². The first-order valence-corrected chi connectivity index (χ1v) is 9.76. The number of benzene rings is 1. The Kier molecular flexibility index (Phi) is 5.80. The fraction of sp³-hybridized carbons (Fsp3) is 0.667. The Labute approximate surface area is 152 Å². The van der Waals surface area contributed by atoms with Gasteiger partial charge in [-0.2, -0.15) is 0 Å². The molecule has 1 saturated carbocycles. The van der Waals surface area contributed by atoms with Crippen molar-refractivity contribution in [3.63, 3.8) is 0 Å². The molecule has 4 heteroatoms. The molecule has 1 N–H and O–H groups in total. The Morgan fingerprint density at radius 3 is 2.52 bits per heavy atom. The molecule has 1 aliphatic carbocycles. The monoisotopic (exact) mass is 343 g/mol. The molecule has 1 aromatic rings. The lowest BCUT2D eigenvalue weighted by molar-refractivity contribution is -0.122. The van der Waals surface area contributed by atoms with E-state index in [0.717, 1.165) is 51.9 Å². The third-order valence-corrected chi connectivity index (χ3v) is 6.00. The van der Waals surface area contributed by atoms with E-state index in [0.29, 0.717) is 12.5 Å². The van der Waals surface area contributed by atoms with E-state index >= 15 is 0 Å². The van der Waals surface area contributed by atoms with Crippen molar-refractivity contribution in [3.8, 4) is 0 Å². The lowest BCUT2D eigenvalue weighted by Gasteiger charge is -2.36. The van der Waals surface area contributed by atoms with Crippen molar-refractivity contribution in [3.05, 3.63) is 35.4 Å². The number of amides is 1. The Hall–Kier alpha value is -1.39. The summed E-state index contributed by atoms with van der Waals surface area (Å²) < 4.78 is 0. The zero-order chi connectivity index (χ0) is 17.9. The summed E-state index contributed by atoms with van der Waals surface area (Å²) in [5, 5.41) is 3.34. The van der Waals surface area contributed by atoms with Crippen LogP contribution >= 0.6 is 0 Å². The van der Waals surface area contributed by atoms with Gasteiger partial charge in [0.15, 0.2) is 0 Å². The van der Waals surface area contributed by atoms with Crippen LogP contribution in [-0.2, 0) is 11.2 Å². The topological polar surface area (TPSA) is 35.6 Å². The standard InChI is InChI=1S/C21H33N3O/c1-17-6-4-5-7-19(17)16-21(10-11-21)22-20(25)9-8-18(2)24-14-12-23(3)13-15-24/h4-7,18H,8-16H2,1-3H3,(H,22,25). The van der Waals surface area contributed by atoms with Crippen molar-refractivity contribution < 1.29 is 4.79 Å².